The number of nitrogens with one attached hydrogen (secondary N) is 1. The largest absolute Gasteiger partial charge is 0.377 e. The van der Waals surface area contributed by atoms with Crippen molar-refractivity contribution < 1.29 is 9.13 Å². The fourth-order valence-corrected chi connectivity index (χ4v) is 4.37. The molecule has 2 aliphatic rings. The first kappa shape index (κ1) is 19.4. The zero-order valence-electron chi connectivity index (χ0n) is 16.8. The first-order valence-electron chi connectivity index (χ1n) is 10.3. The minimum atomic E-state index is -0.128. The summed E-state index contributed by atoms with van der Waals surface area (Å²) in [6, 6.07) is 14.8. The van der Waals surface area contributed by atoms with Crippen LogP contribution in [0.1, 0.15) is 29.7 Å². The Labute approximate surface area is 167 Å². The summed E-state index contributed by atoms with van der Waals surface area (Å²) in [7, 11) is 0. The van der Waals surface area contributed by atoms with E-state index in [2.05, 4.69) is 59.3 Å². The highest BCUT2D eigenvalue weighted by atomic mass is 19.1. The number of piperazine rings is 1. The van der Waals surface area contributed by atoms with E-state index in [1.807, 2.05) is 6.07 Å². The van der Waals surface area contributed by atoms with Crippen molar-refractivity contribution in [3.63, 3.8) is 0 Å². The Morgan fingerprint density at radius 3 is 2.82 bits per heavy atom. The molecule has 0 unspecified atom stereocenters. The van der Waals surface area contributed by atoms with Gasteiger partial charge in [0.1, 0.15) is 5.82 Å². The summed E-state index contributed by atoms with van der Waals surface area (Å²) in [4.78, 5) is 4.53. The highest BCUT2D eigenvalue weighted by molar-refractivity contribution is 5.50. The van der Waals surface area contributed by atoms with Gasteiger partial charge in [-0.3, -0.25) is 4.90 Å². The van der Waals surface area contributed by atoms with Crippen LogP contribution >= 0.6 is 0 Å². The molecule has 4 rings (SSSR count). The van der Waals surface area contributed by atoms with Crippen molar-refractivity contribution in [2.75, 3.05) is 44.3 Å². The van der Waals surface area contributed by atoms with Crippen LogP contribution in [0.25, 0.3) is 0 Å². The lowest BCUT2D eigenvalue weighted by molar-refractivity contribution is 0.0986. The minimum Gasteiger partial charge on any atom is -0.377 e. The third kappa shape index (κ3) is 4.22. The van der Waals surface area contributed by atoms with E-state index in [4.69, 9.17) is 4.74 Å². The Kier molecular flexibility index (Phi) is 5.95. The Hall–Kier alpha value is -1.95. The molecule has 28 heavy (non-hydrogen) atoms. The van der Waals surface area contributed by atoms with Crippen LogP contribution in [0, 0.1) is 12.7 Å². The topological polar surface area (TPSA) is 27.7 Å². The Balaban J connectivity index is 1.44. The van der Waals surface area contributed by atoms with Gasteiger partial charge in [0.15, 0.2) is 0 Å². The maximum absolute atomic E-state index is 14.8. The lowest BCUT2D eigenvalue weighted by Crippen LogP contribution is -2.45. The molecule has 0 bridgehead atoms. The van der Waals surface area contributed by atoms with E-state index < -0.39 is 0 Å². The van der Waals surface area contributed by atoms with Gasteiger partial charge < -0.3 is 15.0 Å². The minimum absolute atomic E-state index is 0.128. The normalized spacial score (nSPS) is 23.8. The third-order valence-corrected chi connectivity index (χ3v) is 5.92. The van der Waals surface area contributed by atoms with Crippen molar-refractivity contribution in [2.45, 2.75) is 32.5 Å². The zero-order valence-corrected chi connectivity index (χ0v) is 16.8. The maximum atomic E-state index is 14.8. The summed E-state index contributed by atoms with van der Waals surface area (Å²) < 4.78 is 20.3. The van der Waals surface area contributed by atoms with Crippen LogP contribution in [0.2, 0.25) is 0 Å². The molecular formula is C23H30FN3O. The van der Waals surface area contributed by atoms with Gasteiger partial charge in [-0.05, 0) is 42.7 Å². The average Bonchev–Trinajstić information content (AvgIpc) is 2.70. The van der Waals surface area contributed by atoms with Gasteiger partial charge in [-0.2, -0.15) is 0 Å². The predicted octanol–water partition coefficient (Wildman–Crippen LogP) is 3.51. The molecule has 0 amide bonds. The Bertz CT molecular complexity index is 812. The second-order valence-corrected chi connectivity index (χ2v) is 8.00. The fraction of sp³-hybridized carbons (Fsp3) is 0.478. The first-order chi connectivity index (χ1) is 13.6. The van der Waals surface area contributed by atoms with Gasteiger partial charge in [-0.15, -0.1) is 0 Å². The van der Waals surface area contributed by atoms with Crippen molar-refractivity contribution in [3.8, 4) is 0 Å². The number of benzene rings is 2. The molecule has 2 atom stereocenters. The molecule has 150 valence electrons. The van der Waals surface area contributed by atoms with Crippen LogP contribution in [0.5, 0.6) is 0 Å². The molecule has 0 aromatic heterocycles. The summed E-state index contributed by atoms with van der Waals surface area (Å²) in [5, 5.41) is 3.63. The smallest absolute Gasteiger partial charge is 0.146 e. The number of hydrogen-bond acceptors (Lipinski definition) is 4. The highest BCUT2D eigenvalue weighted by Crippen LogP contribution is 2.26. The third-order valence-electron chi connectivity index (χ3n) is 5.92. The number of aryl methyl sites for hydroxylation is 1. The number of morpholine rings is 1. The molecule has 0 aliphatic carbocycles. The van der Waals surface area contributed by atoms with Crippen LogP contribution < -0.4 is 10.2 Å². The number of hydrogen-bond donors (Lipinski definition) is 1. The predicted molar refractivity (Wildman–Crippen MR) is 111 cm³/mol. The highest BCUT2D eigenvalue weighted by Gasteiger charge is 2.24. The average molecular weight is 384 g/mol. The van der Waals surface area contributed by atoms with E-state index in [-0.39, 0.29) is 11.9 Å². The molecular weight excluding hydrogens is 353 g/mol. The van der Waals surface area contributed by atoms with E-state index >= 15 is 0 Å². The number of rotatable bonds is 4. The summed E-state index contributed by atoms with van der Waals surface area (Å²) in [5.74, 6) is -0.128. The number of nitrogens with zero attached hydrogens (tertiary/aromatic N) is 2. The SMILES string of the molecule is Cc1ccccc1[C@@H]1CN(Cc2ccc(N3CCOC[C@H]3C)c(F)c2)CCN1. The maximum Gasteiger partial charge on any atom is 0.146 e. The summed E-state index contributed by atoms with van der Waals surface area (Å²) >= 11 is 0. The monoisotopic (exact) mass is 383 g/mol. The summed E-state index contributed by atoms with van der Waals surface area (Å²) in [6.45, 7) is 9.95. The van der Waals surface area contributed by atoms with E-state index in [0.717, 1.165) is 38.3 Å². The van der Waals surface area contributed by atoms with Gasteiger partial charge in [0, 0.05) is 44.8 Å². The summed E-state index contributed by atoms with van der Waals surface area (Å²) in [6.07, 6.45) is 0. The quantitative estimate of drug-likeness (QED) is 0.875. The molecule has 2 aromatic rings. The van der Waals surface area contributed by atoms with Crippen LogP contribution in [-0.2, 0) is 11.3 Å². The van der Waals surface area contributed by atoms with E-state index in [9.17, 15) is 4.39 Å². The van der Waals surface area contributed by atoms with Gasteiger partial charge >= 0.3 is 0 Å². The molecule has 5 heteroatoms. The van der Waals surface area contributed by atoms with Crippen molar-refractivity contribution in [1.29, 1.82) is 0 Å². The Morgan fingerprint density at radius 1 is 1.18 bits per heavy atom. The molecule has 0 saturated carbocycles. The molecule has 2 fully saturated rings. The molecule has 0 spiro atoms. The molecule has 1 N–H and O–H groups in total. The summed E-state index contributed by atoms with van der Waals surface area (Å²) in [5.41, 5.74) is 4.40. The fourth-order valence-electron chi connectivity index (χ4n) is 4.37. The van der Waals surface area contributed by atoms with Crippen molar-refractivity contribution >= 4 is 5.69 Å². The van der Waals surface area contributed by atoms with Crippen LogP contribution in [0.3, 0.4) is 0 Å². The first-order valence-corrected chi connectivity index (χ1v) is 10.3. The van der Waals surface area contributed by atoms with Gasteiger partial charge in [-0.1, -0.05) is 30.3 Å². The molecule has 2 aromatic carbocycles. The molecule has 4 nitrogen and oxygen atoms in total. The molecule has 2 saturated heterocycles. The van der Waals surface area contributed by atoms with Gasteiger partial charge in [0.2, 0.25) is 0 Å². The Morgan fingerprint density at radius 2 is 2.04 bits per heavy atom. The number of halogens is 1. The van der Waals surface area contributed by atoms with Crippen molar-refractivity contribution in [3.05, 3.63) is 65.0 Å². The number of ether oxygens (including phenoxy) is 1. The van der Waals surface area contributed by atoms with Crippen molar-refractivity contribution in [2.24, 2.45) is 0 Å². The second-order valence-electron chi connectivity index (χ2n) is 8.00. The van der Waals surface area contributed by atoms with Gasteiger partial charge in [-0.25, -0.2) is 4.39 Å². The lowest BCUT2D eigenvalue weighted by Gasteiger charge is -2.36. The molecule has 0 radical (unpaired) electrons. The zero-order chi connectivity index (χ0) is 19.5. The van der Waals surface area contributed by atoms with Crippen molar-refractivity contribution in [1.82, 2.24) is 10.2 Å². The van der Waals surface area contributed by atoms with E-state index in [0.29, 0.717) is 24.9 Å². The number of anilines is 1. The molecule has 2 aliphatic heterocycles. The second kappa shape index (κ2) is 8.60. The van der Waals surface area contributed by atoms with E-state index in [1.165, 1.54) is 11.1 Å². The lowest BCUT2D eigenvalue weighted by atomic mass is 9.99. The van der Waals surface area contributed by atoms with Crippen LogP contribution in [0.15, 0.2) is 42.5 Å². The van der Waals surface area contributed by atoms with Gasteiger partial charge in [0.05, 0.1) is 18.9 Å². The standard InChI is InChI=1S/C23H30FN3O/c1-17-5-3-4-6-20(17)22-15-26(10-9-25-22)14-19-7-8-23(21(24)13-19)27-11-12-28-16-18(27)2/h3-8,13,18,22,25H,9-12,14-16H2,1-2H3/t18-,22+/m1/s1. The van der Waals surface area contributed by atoms with Crippen LogP contribution in [-0.4, -0.2) is 50.3 Å². The van der Waals surface area contributed by atoms with Gasteiger partial charge in [0.25, 0.3) is 0 Å². The van der Waals surface area contributed by atoms with Crippen LogP contribution in [0.4, 0.5) is 10.1 Å². The van der Waals surface area contributed by atoms with E-state index in [1.54, 1.807) is 6.07 Å². The molecule has 2 heterocycles.